The van der Waals surface area contributed by atoms with Crippen LogP contribution in [0.5, 0.6) is 0 Å². The molecule has 0 aliphatic heterocycles. The monoisotopic (exact) mass is 754 g/mol. The minimum absolute atomic E-state index is 0. The van der Waals surface area contributed by atoms with Crippen molar-refractivity contribution in [2.45, 2.75) is 52.4 Å². The van der Waals surface area contributed by atoms with Crippen molar-refractivity contribution in [1.29, 1.82) is 0 Å². The minimum Gasteiger partial charge on any atom is -0.359 e. The summed E-state index contributed by atoms with van der Waals surface area (Å²) in [5.74, 6) is -3.87. The van der Waals surface area contributed by atoms with Crippen LogP contribution < -0.4 is 9.80 Å². The topological polar surface area (TPSA) is 40.6 Å². The van der Waals surface area contributed by atoms with Gasteiger partial charge in [-0.1, -0.05) is 63.1 Å². The largest absolute Gasteiger partial charge is 4.00 e. The maximum atomic E-state index is 13.9. The number of allylic oxidation sites excluding steroid dienone is 8. The molecule has 0 aromatic heterocycles. The van der Waals surface area contributed by atoms with Crippen LogP contribution in [0.2, 0.25) is 0 Å². The van der Waals surface area contributed by atoms with Gasteiger partial charge in [-0.25, -0.2) is 41.9 Å². The number of rotatable bonds is 10. The zero-order chi connectivity index (χ0) is 37.6. The SMILES string of the molecule is CCCCN(C(=O)c1ccccc1)c1ccc(F)[c-]c1F.CCCCN(C(=O)c1ccccc1)c1ccc(F)[c-]c1F.[C-]1=CC=CC1.[C-]1=CC=CC1.[Ti+4]. The molecule has 0 bridgehead atoms. The Labute approximate surface area is 326 Å². The molecule has 4 nitrogen and oxygen atoms in total. The molecule has 4 aromatic carbocycles. The molecule has 2 amide bonds. The second-order valence-electron chi connectivity index (χ2n) is 11.4. The van der Waals surface area contributed by atoms with Gasteiger partial charge in [-0.15, -0.1) is 49.2 Å². The Kier molecular flexibility index (Phi) is 21.1. The Morgan fingerprint density at radius 1 is 0.585 bits per heavy atom. The third kappa shape index (κ3) is 15.4. The number of unbranched alkanes of at least 4 members (excludes halogenated alkanes) is 2. The number of carbonyl (C=O) groups is 2. The second-order valence-corrected chi connectivity index (χ2v) is 11.4. The summed E-state index contributed by atoms with van der Waals surface area (Å²) in [6.07, 6.45) is 23.2. The number of hydrogen-bond donors (Lipinski definition) is 0. The second kappa shape index (κ2) is 25.2. The van der Waals surface area contributed by atoms with Crippen molar-refractivity contribution in [3.63, 3.8) is 0 Å². The van der Waals surface area contributed by atoms with Gasteiger partial charge in [0.15, 0.2) is 0 Å². The summed E-state index contributed by atoms with van der Waals surface area (Å²) >= 11 is 0. The van der Waals surface area contributed by atoms with E-state index in [1.165, 1.54) is 21.9 Å². The van der Waals surface area contributed by atoms with Crippen molar-refractivity contribution in [2.24, 2.45) is 0 Å². The number of carbonyl (C=O) groups excluding carboxylic acids is 2. The normalized spacial score (nSPS) is 11.6. The molecule has 53 heavy (non-hydrogen) atoms. The van der Waals surface area contributed by atoms with Gasteiger partial charge in [-0.05, 0) is 48.5 Å². The van der Waals surface area contributed by atoms with E-state index in [4.69, 9.17) is 0 Å². The van der Waals surface area contributed by atoms with Crippen LogP contribution in [-0.4, -0.2) is 24.9 Å². The van der Waals surface area contributed by atoms with Crippen LogP contribution in [0, 0.1) is 47.6 Å². The molecule has 0 heterocycles. The van der Waals surface area contributed by atoms with Crippen LogP contribution in [0.4, 0.5) is 28.9 Å². The number of nitrogens with zero attached hydrogens (tertiary/aromatic N) is 2. The summed E-state index contributed by atoms with van der Waals surface area (Å²) in [6.45, 7) is 4.72. The molecule has 2 aliphatic rings. The molecule has 0 atom stereocenters. The van der Waals surface area contributed by atoms with Gasteiger partial charge in [0.2, 0.25) is 11.8 Å². The van der Waals surface area contributed by atoms with E-state index in [0.29, 0.717) is 24.2 Å². The third-order valence-corrected chi connectivity index (χ3v) is 7.44. The zero-order valence-corrected chi connectivity index (χ0v) is 31.5. The summed E-state index contributed by atoms with van der Waals surface area (Å²) in [7, 11) is 0. The van der Waals surface area contributed by atoms with Crippen molar-refractivity contribution >= 4 is 23.2 Å². The maximum Gasteiger partial charge on any atom is 4.00 e. The molecular formula is C44H42F4N2O2Ti. The van der Waals surface area contributed by atoms with E-state index >= 15 is 0 Å². The van der Waals surface area contributed by atoms with E-state index in [0.717, 1.165) is 50.7 Å². The summed E-state index contributed by atoms with van der Waals surface area (Å²) < 4.78 is 53.8. The molecule has 9 heteroatoms. The summed E-state index contributed by atoms with van der Waals surface area (Å²) in [4.78, 5) is 27.8. The maximum absolute atomic E-state index is 13.9. The standard InChI is InChI=1S/2C17H16F2NO.2C5H5.Ti/c2*1-2-3-11-20(16-10-9-14(18)12-15(16)19)17(21)13-7-5-4-6-8-13;2*1-2-4-5-3-1;/h2*4-10H,2-3,11H2,1H3;2*1-3H,4H2;/q4*-1;+4. The van der Waals surface area contributed by atoms with Crippen molar-refractivity contribution in [1.82, 2.24) is 0 Å². The first-order chi connectivity index (χ1) is 25.3. The van der Waals surface area contributed by atoms with Gasteiger partial charge in [-0.2, -0.15) is 12.2 Å². The average molecular weight is 755 g/mol. The number of amides is 2. The molecule has 0 N–H and O–H groups in total. The van der Waals surface area contributed by atoms with Crippen LogP contribution in [-0.2, 0) is 21.7 Å². The molecule has 6 rings (SSSR count). The number of anilines is 2. The van der Waals surface area contributed by atoms with Crippen molar-refractivity contribution in [2.75, 3.05) is 22.9 Å². The number of halogens is 4. The molecule has 272 valence electrons. The summed E-state index contributed by atoms with van der Waals surface area (Å²) in [6, 6.07) is 26.0. The fraction of sp³-hybridized carbons (Fsp3) is 0.227. The van der Waals surface area contributed by atoms with E-state index in [1.807, 2.05) is 50.3 Å². The van der Waals surface area contributed by atoms with E-state index in [1.54, 1.807) is 60.7 Å². The minimum atomic E-state index is -0.851. The first-order valence-electron chi connectivity index (χ1n) is 17.2. The van der Waals surface area contributed by atoms with E-state index in [9.17, 15) is 27.2 Å². The van der Waals surface area contributed by atoms with E-state index < -0.39 is 23.3 Å². The first kappa shape index (κ1) is 44.4. The van der Waals surface area contributed by atoms with Gasteiger partial charge in [-0.3, -0.25) is 21.7 Å². The Morgan fingerprint density at radius 2 is 0.962 bits per heavy atom. The quantitative estimate of drug-likeness (QED) is 0.0919. The average Bonchev–Trinajstić information content (AvgIpc) is 3.95. The molecule has 0 fully saturated rings. The summed E-state index contributed by atoms with van der Waals surface area (Å²) in [5, 5.41) is 0. The van der Waals surface area contributed by atoms with Crippen molar-refractivity contribution in [3.05, 3.63) is 180 Å². The molecule has 0 saturated heterocycles. The van der Waals surface area contributed by atoms with E-state index in [-0.39, 0.29) is 44.9 Å². The smallest absolute Gasteiger partial charge is 0.359 e. The Hall–Kier alpha value is -4.79. The Morgan fingerprint density at radius 3 is 1.23 bits per heavy atom. The molecule has 0 saturated carbocycles. The number of benzene rings is 4. The third-order valence-electron chi connectivity index (χ3n) is 7.44. The van der Waals surface area contributed by atoms with E-state index in [2.05, 4.69) is 24.3 Å². The van der Waals surface area contributed by atoms with Gasteiger partial charge in [0.05, 0.1) is 0 Å². The zero-order valence-electron chi connectivity index (χ0n) is 29.9. The predicted molar refractivity (Wildman–Crippen MR) is 200 cm³/mol. The summed E-state index contributed by atoms with van der Waals surface area (Å²) in [5.41, 5.74) is 1.05. The van der Waals surface area contributed by atoms with Crippen molar-refractivity contribution < 1.29 is 48.9 Å². The van der Waals surface area contributed by atoms with Crippen LogP contribution in [0.1, 0.15) is 73.1 Å². The molecular weight excluding hydrogens is 712 g/mol. The molecule has 4 aromatic rings. The Bertz CT molecular complexity index is 1660. The molecule has 0 unspecified atom stereocenters. The van der Waals surface area contributed by atoms with Gasteiger partial charge in [0.25, 0.3) is 0 Å². The van der Waals surface area contributed by atoms with Crippen molar-refractivity contribution in [3.8, 4) is 0 Å². The van der Waals surface area contributed by atoms with Gasteiger partial charge >= 0.3 is 21.7 Å². The van der Waals surface area contributed by atoms with Crippen LogP contribution in [0.15, 0.2) is 121 Å². The van der Waals surface area contributed by atoms with Gasteiger partial charge < -0.3 is 9.80 Å². The Balaban J connectivity index is 0.000000285. The fourth-order valence-corrected chi connectivity index (χ4v) is 4.74. The number of hydrogen-bond acceptors (Lipinski definition) is 2. The fourth-order valence-electron chi connectivity index (χ4n) is 4.74. The van der Waals surface area contributed by atoms with Crippen LogP contribution in [0.25, 0.3) is 0 Å². The van der Waals surface area contributed by atoms with Gasteiger partial charge in [0, 0.05) is 47.5 Å². The van der Waals surface area contributed by atoms with Crippen LogP contribution >= 0.6 is 0 Å². The molecule has 0 spiro atoms. The molecule has 2 aliphatic carbocycles. The van der Waals surface area contributed by atoms with Gasteiger partial charge in [0.1, 0.15) is 0 Å². The first-order valence-corrected chi connectivity index (χ1v) is 17.2. The van der Waals surface area contributed by atoms with Crippen LogP contribution in [0.3, 0.4) is 0 Å². The molecule has 0 radical (unpaired) electrons. The predicted octanol–water partition coefficient (Wildman–Crippen LogP) is 11.0.